The molecule has 0 aliphatic rings. The zero-order chi connectivity index (χ0) is 19.3. The van der Waals surface area contributed by atoms with Gasteiger partial charge in [0.25, 0.3) is 0 Å². The number of carbonyl (C=O) groups excluding carboxylic acids is 1. The topological polar surface area (TPSA) is 64.1 Å². The van der Waals surface area contributed by atoms with Crippen LogP contribution in [0.2, 0.25) is 0 Å². The summed E-state index contributed by atoms with van der Waals surface area (Å²) in [5.74, 6) is 0.873. The highest BCUT2D eigenvalue weighted by Gasteiger charge is 2.12. The van der Waals surface area contributed by atoms with Gasteiger partial charge in [0, 0.05) is 22.0 Å². The van der Waals surface area contributed by atoms with E-state index in [1.807, 2.05) is 36.4 Å². The number of hydrogen-bond donors (Lipinski definition) is 1. The second kappa shape index (κ2) is 8.41. The lowest BCUT2D eigenvalue weighted by Crippen LogP contribution is -2.14. The molecule has 0 aliphatic carbocycles. The summed E-state index contributed by atoms with van der Waals surface area (Å²) in [5, 5.41) is 4.67. The average molecular weight is 408 g/mol. The number of nitrogens with zero attached hydrogens (tertiary/aromatic N) is 2. The van der Waals surface area contributed by atoms with E-state index in [1.54, 1.807) is 30.8 Å². The zero-order valence-electron chi connectivity index (χ0n) is 15.1. The molecule has 0 aliphatic heterocycles. The standard InChI is InChI=1S/C21H17N3O2S2/c1-26-16-9-5-8-15(10-16)24-19(25)12-27-20-17-11-18(14-6-3-2-4-7-14)28-21(17)23-13-22-20/h2-11,13H,12H2,1H3,(H,24,25). The fraction of sp³-hybridized carbons (Fsp3) is 0.0952. The van der Waals surface area contributed by atoms with E-state index in [-0.39, 0.29) is 11.7 Å². The zero-order valence-corrected chi connectivity index (χ0v) is 16.7. The van der Waals surface area contributed by atoms with Crippen LogP contribution in [0.5, 0.6) is 5.75 Å². The molecule has 5 nitrogen and oxygen atoms in total. The Balaban J connectivity index is 1.48. The van der Waals surface area contributed by atoms with Crippen molar-refractivity contribution in [3.05, 3.63) is 67.0 Å². The van der Waals surface area contributed by atoms with Crippen molar-refractivity contribution in [2.75, 3.05) is 18.2 Å². The molecule has 140 valence electrons. The third-order valence-corrected chi connectivity index (χ3v) is 6.14. The van der Waals surface area contributed by atoms with Crippen molar-refractivity contribution in [1.29, 1.82) is 0 Å². The summed E-state index contributed by atoms with van der Waals surface area (Å²) in [6.07, 6.45) is 1.55. The Morgan fingerprint density at radius 1 is 1.11 bits per heavy atom. The maximum atomic E-state index is 12.3. The van der Waals surface area contributed by atoms with Crippen LogP contribution >= 0.6 is 23.1 Å². The van der Waals surface area contributed by atoms with E-state index in [1.165, 1.54) is 11.8 Å². The molecule has 2 aromatic carbocycles. The number of anilines is 1. The molecule has 0 unspecified atom stereocenters. The van der Waals surface area contributed by atoms with Crippen LogP contribution in [0, 0.1) is 0 Å². The normalized spacial score (nSPS) is 10.8. The van der Waals surface area contributed by atoms with Gasteiger partial charge in [0.2, 0.25) is 5.91 Å². The quantitative estimate of drug-likeness (QED) is 0.356. The molecular formula is C21H17N3O2S2. The average Bonchev–Trinajstić information content (AvgIpc) is 3.18. The number of carbonyl (C=O) groups is 1. The van der Waals surface area contributed by atoms with Crippen LogP contribution in [0.25, 0.3) is 20.7 Å². The van der Waals surface area contributed by atoms with Gasteiger partial charge in [-0.25, -0.2) is 9.97 Å². The lowest BCUT2D eigenvalue weighted by atomic mass is 10.2. The molecule has 2 aromatic heterocycles. The van der Waals surface area contributed by atoms with Crippen LogP contribution in [0.15, 0.2) is 72.0 Å². The van der Waals surface area contributed by atoms with Crippen molar-refractivity contribution in [2.24, 2.45) is 0 Å². The second-order valence-electron chi connectivity index (χ2n) is 5.94. The number of benzene rings is 2. The Bertz CT molecular complexity index is 1110. The molecule has 0 saturated heterocycles. The van der Waals surface area contributed by atoms with Gasteiger partial charge < -0.3 is 10.1 Å². The van der Waals surface area contributed by atoms with E-state index < -0.39 is 0 Å². The predicted octanol–water partition coefficient (Wildman–Crippen LogP) is 5.10. The maximum Gasteiger partial charge on any atom is 0.234 e. The summed E-state index contributed by atoms with van der Waals surface area (Å²) < 4.78 is 5.18. The number of amides is 1. The van der Waals surface area contributed by atoms with E-state index in [2.05, 4.69) is 33.5 Å². The van der Waals surface area contributed by atoms with Crippen molar-refractivity contribution in [3.63, 3.8) is 0 Å². The molecular weight excluding hydrogens is 390 g/mol. The van der Waals surface area contributed by atoms with Gasteiger partial charge in [-0.05, 0) is 23.8 Å². The number of ether oxygens (including phenoxy) is 1. The third-order valence-electron chi connectivity index (χ3n) is 4.04. The number of thioether (sulfide) groups is 1. The Kier molecular flexibility index (Phi) is 5.55. The van der Waals surface area contributed by atoms with E-state index in [9.17, 15) is 4.79 Å². The largest absolute Gasteiger partial charge is 0.497 e. The minimum Gasteiger partial charge on any atom is -0.497 e. The molecule has 28 heavy (non-hydrogen) atoms. The van der Waals surface area contributed by atoms with Crippen LogP contribution in [0.3, 0.4) is 0 Å². The summed E-state index contributed by atoms with van der Waals surface area (Å²) in [5.41, 5.74) is 1.86. The first-order chi connectivity index (χ1) is 13.7. The molecule has 4 aromatic rings. The maximum absolute atomic E-state index is 12.3. The van der Waals surface area contributed by atoms with Crippen molar-refractivity contribution < 1.29 is 9.53 Å². The Morgan fingerprint density at radius 2 is 1.96 bits per heavy atom. The number of rotatable bonds is 6. The first-order valence-electron chi connectivity index (χ1n) is 8.59. The minimum absolute atomic E-state index is 0.0940. The van der Waals surface area contributed by atoms with E-state index in [4.69, 9.17) is 4.74 Å². The van der Waals surface area contributed by atoms with Crippen LogP contribution < -0.4 is 10.1 Å². The molecule has 0 spiro atoms. The second-order valence-corrected chi connectivity index (χ2v) is 7.94. The molecule has 0 saturated carbocycles. The first kappa shape index (κ1) is 18.5. The number of nitrogens with one attached hydrogen (secondary N) is 1. The fourth-order valence-corrected chi connectivity index (χ4v) is 4.57. The molecule has 7 heteroatoms. The van der Waals surface area contributed by atoms with Gasteiger partial charge in [-0.1, -0.05) is 48.2 Å². The Morgan fingerprint density at radius 3 is 2.79 bits per heavy atom. The van der Waals surface area contributed by atoms with Gasteiger partial charge in [-0.15, -0.1) is 11.3 Å². The van der Waals surface area contributed by atoms with Crippen LogP contribution in [-0.2, 0) is 4.79 Å². The summed E-state index contributed by atoms with van der Waals surface area (Å²) in [6.45, 7) is 0. The number of aromatic nitrogens is 2. The summed E-state index contributed by atoms with van der Waals surface area (Å²) in [7, 11) is 1.60. The third kappa shape index (κ3) is 4.16. The fourth-order valence-electron chi connectivity index (χ4n) is 2.73. The van der Waals surface area contributed by atoms with Gasteiger partial charge >= 0.3 is 0 Å². The molecule has 0 atom stereocenters. The molecule has 2 heterocycles. The predicted molar refractivity (Wildman–Crippen MR) is 115 cm³/mol. The van der Waals surface area contributed by atoms with Gasteiger partial charge in [-0.2, -0.15) is 0 Å². The lowest BCUT2D eigenvalue weighted by Gasteiger charge is -2.07. The van der Waals surface area contributed by atoms with Gasteiger partial charge in [-0.3, -0.25) is 4.79 Å². The molecule has 1 N–H and O–H groups in total. The van der Waals surface area contributed by atoms with Gasteiger partial charge in [0.1, 0.15) is 21.9 Å². The smallest absolute Gasteiger partial charge is 0.234 e. The van der Waals surface area contributed by atoms with Crippen LogP contribution in [0.1, 0.15) is 0 Å². The summed E-state index contributed by atoms with van der Waals surface area (Å²) >= 11 is 3.03. The number of hydrogen-bond acceptors (Lipinski definition) is 6. The molecule has 0 fully saturated rings. The molecule has 0 radical (unpaired) electrons. The monoisotopic (exact) mass is 407 g/mol. The molecule has 4 rings (SSSR count). The Hall–Kier alpha value is -2.90. The SMILES string of the molecule is COc1cccc(NC(=O)CSc2ncnc3sc(-c4ccccc4)cc23)c1. The van der Waals surface area contributed by atoms with E-state index in [0.29, 0.717) is 11.4 Å². The van der Waals surface area contributed by atoms with E-state index >= 15 is 0 Å². The Labute approximate surface area is 170 Å². The number of fused-ring (bicyclic) bond motifs is 1. The summed E-state index contributed by atoms with van der Waals surface area (Å²) in [4.78, 5) is 23.2. The lowest BCUT2D eigenvalue weighted by molar-refractivity contribution is -0.113. The van der Waals surface area contributed by atoms with Crippen molar-refractivity contribution in [1.82, 2.24) is 9.97 Å². The molecule has 0 bridgehead atoms. The highest BCUT2D eigenvalue weighted by molar-refractivity contribution is 8.00. The van der Waals surface area contributed by atoms with Gasteiger partial charge in [0.05, 0.1) is 12.9 Å². The van der Waals surface area contributed by atoms with E-state index in [0.717, 1.165) is 25.7 Å². The number of thiophene rings is 1. The van der Waals surface area contributed by atoms with Crippen molar-refractivity contribution in [3.8, 4) is 16.2 Å². The minimum atomic E-state index is -0.0940. The molecule has 1 amide bonds. The first-order valence-corrected chi connectivity index (χ1v) is 10.4. The van der Waals surface area contributed by atoms with Crippen LogP contribution in [0.4, 0.5) is 5.69 Å². The highest BCUT2D eigenvalue weighted by atomic mass is 32.2. The van der Waals surface area contributed by atoms with Crippen LogP contribution in [-0.4, -0.2) is 28.7 Å². The van der Waals surface area contributed by atoms with Crippen molar-refractivity contribution >= 4 is 44.9 Å². The van der Waals surface area contributed by atoms with Gasteiger partial charge in [0.15, 0.2) is 0 Å². The number of methoxy groups -OCH3 is 1. The highest BCUT2D eigenvalue weighted by Crippen LogP contribution is 2.36. The van der Waals surface area contributed by atoms with Crippen molar-refractivity contribution in [2.45, 2.75) is 5.03 Å². The summed E-state index contributed by atoms with van der Waals surface area (Å²) in [6, 6.07) is 19.6.